The predicted octanol–water partition coefficient (Wildman–Crippen LogP) is 3.41. The molecular formula is C16H25NO. The average Bonchev–Trinajstić information content (AvgIpc) is 2.37. The minimum atomic E-state index is 0.202. The molecule has 0 saturated carbocycles. The molecular weight excluding hydrogens is 222 g/mol. The van der Waals surface area contributed by atoms with Gasteiger partial charge < -0.3 is 0 Å². The molecule has 1 aromatic carbocycles. The summed E-state index contributed by atoms with van der Waals surface area (Å²) in [6.45, 7) is 9.14. The fraction of sp³-hybridized carbons (Fsp3) is 0.562. The maximum Gasteiger partial charge on any atom is 0.176 e. The standard InChI is InChI=1S/C16H25NO/c1-6-14-7-9-15(10-8-14)16(18)11-17(5)13(4)12(2)3/h7-10,12-13H,6,11H2,1-5H3. The highest BCUT2D eigenvalue weighted by atomic mass is 16.1. The lowest BCUT2D eigenvalue weighted by Gasteiger charge is -2.27. The Bertz CT molecular complexity index is 381. The van der Waals surface area contributed by atoms with Crippen molar-refractivity contribution in [3.05, 3.63) is 35.4 Å². The van der Waals surface area contributed by atoms with Crippen LogP contribution in [0.3, 0.4) is 0 Å². The van der Waals surface area contributed by atoms with Crippen LogP contribution in [0.15, 0.2) is 24.3 Å². The van der Waals surface area contributed by atoms with Gasteiger partial charge in [-0.1, -0.05) is 45.0 Å². The Balaban J connectivity index is 2.64. The monoisotopic (exact) mass is 247 g/mol. The van der Waals surface area contributed by atoms with Gasteiger partial charge in [-0.2, -0.15) is 0 Å². The number of aryl methyl sites for hydroxylation is 1. The second kappa shape index (κ2) is 6.69. The highest BCUT2D eigenvalue weighted by molar-refractivity contribution is 5.97. The van der Waals surface area contributed by atoms with Crippen molar-refractivity contribution in [3.63, 3.8) is 0 Å². The number of carbonyl (C=O) groups excluding carboxylic acids is 1. The van der Waals surface area contributed by atoms with Gasteiger partial charge in [0.1, 0.15) is 0 Å². The minimum absolute atomic E-state index is 0.202. The number of ketones is 1. The molecule has 0 bridgehead atoms. The van der Waals surface area contributed by atoms with Crippen LogP contribution in [0.4, 0.5) is 0 Å². The van der Waals surface area contributed by atoms with Crippen LogP contribution in [0.2, 0.25) is 0 Å². The van der Waals surface area contributed by atoms with Gasteiger partial charge in [0.2, 0.25) is 0 Å². The molecule has 1 rings (SSSR count). The zero-order chi connectivity index (χ0) is 13.7. The minimum Gasteiger partial charge on any atom is -0.296 e. The van der Waals surface area contributed by atoms with E-state index in [1.54, 1.807) is 0 Å². The SMILES string of the molecule is CCc1ccc(C(=O)CN(C)C(C)C(C)C)cc1. The number of benzene rings is 1. The van der Waals surface area contributed by atoms with Crippen molar-refractivity contribution >= 4 is 5.78 Å². The van der Waals surface area contributed by atoms with E-state index in [0.29, 0.717) is 18.5 Å². The fourth-order valence-electron chi connectivity index (χ4n) is 1.90. The van der Waals surface area contributed by atoms with E-state index in [9.17, 15) is 4.79 Å². The molecule has 0 aliphatic heterocycles. The van der Waals surface area contributed by atoms with Crippen molar-refractivity contribution in [1.29, 1.82) is 0 Å². The molecule has 0 amide bonds. The van der Waals surface area contributed by atoms with Crippen LogP contribution in [0.5, 0.6) is 0 Å². The van der Waals surface area contributed by atoms with Crippen molar-refractivity contribution in [1.82, 2.24) is 4.90 Å². The smallest absolute Gasteiger partial charge is 0.176 e. The van der Waals surface area contributed by atoms with Crippen molar-refractivity contribution in [2.75, 3.05) is 13.6 Å². The van der Waals surface area contributed by atoms with Gasteiger partial charge in [-0.3, -0.25) is 9.69 Å². The van der Waals surface area contributed by atoms with Crippen molar-refractivity contribution in [3.8, 4) is 0 Å². The van der Waals surface area contributed by atoms with Gasteiger partial charge in [0.05, 0.1) is 6.54 Å². The third kappa shape index (κ3) is 3.95. The van der Waals surface area contributed by atoms with Gasteiger partial charge >= 0.3 is 0 Å². The number of hydrogen-bond donors (Lipinski definition) is 0. The molecule has 0 spiro atoms. The Morgan fingerprint density at radius 1 is 1.17 bits per heavy atom. The second-order valence-corrected chi connectivity index (χ2v) is 5.37. The first-order chi connectivity index (χ1) is 8.45. The molecule has 2 heteroatoms. The van der Waals surface area contributed by atoms with E-state index in [2.05, 4.69) is 32.6 Å². The summed E-state index contributed by atoms with van der Waals surface area (Å²) in [5.74, 6) is 0.762. The van der Waals surface area contributed by atoms with Gasteiger partial charge in [-0.05, 0) is 31.9 Å². The van der Waals surface area contributed by atoms with Crippen LogP contribution in [-0.4, -0.2) is 30.3 Å². The summed E-state index contributed by atoms with van der Waals surface area (Å²) >= 11 is 0. The summed E-state index contributed by atoms with van der Waals surface area (Å²) in [6.07, 6.45) is 1.01. The molecule has 0 heterocycles. The number of likely N-dealkylation sites (N-methyl/N-ethyl adjacent to an activating group) is 1. The molecule has 0 saturated heterocycles. The summed E-state index contributed by atoms with van der Waals surface area (Å²) in [6, 6.07) is 8.38. The van der Waals surface area contributed by atoms with Crippen LogP contribution < -0.4 is 0 Å². The maximum atomic E-state index is 12.1. The lowest BCUT2D eigenvalue weighted by Crippen LogP contribution is -2.37. The van der Waals surface area contributed by atoms with Crippen LogP contribution >= 0.6 is 0 Å². The number of Topliss-reactive ketones (excluding diaryl/α,β-unsaturated/α-hetero) is 1. The molecule has 0 aliphatic rings. The number of rotatable bonds is 6. The highest BCUT2D eigenvalue weighted by Crippen LogP contribution is 2.10. The van der Waals surface area contributed by atoms with E-state index in [1.165, 1.54) is 5.56 Å². The zero-order valence-electron chi connectivity index (χ0n) is 12.2. The molecule has 0 aliphatic carbocycles. The van der Waals surface area contributed by atoms with Crippen molar-refractivity contribution < 1.29 is 4.79 Å². The van der Waals surface area contributed by atoms with E-state index < -0.39 is 0 Å². The largest absolute Gasteiger partial charge is 0.296 e. The Labute approximate surface area is 111 Å². The molecule has 100 valence electrons. The van der Waals surface area contributed by atoms with E-state index in [1.807, 2.05) is 31.3 Å². The summed E-state index contributed by atoms with van der Waals surface area (Å²) < 4.78 is 0. The predicted molar refractivity (Wildman–Crippen MR) is 77.1 cm³/mol. The van der Waals surface area contributed by atoms with E-state index in [-0.39, 0.29) is 5.78 Å². The normalized spacial score (nSPS) is 13.1. The van der Waals surface area contributed by atoms with E-state index in [4.69, 9.17) is 0 Å². The molecule has 1 unspecified atom stereocenters. The van der Waals surface area contributed by atoms with Crippen molar-refractivity contribution in [2.45, 2.75) is 40.2 Å². The first kappa shape index (κ1) is 14.9. The van der Waals surface area contributed by atoms with E-state index >= 15 is 0 Å². The van der Waals surface area contributed by atoms with Crippen LogP contribution in [0.25, 0.3) is 0 Å². The number of hydrogen-bond acceptors (Lipinski definition) is 2. The van der Waals surface area contributed by atoms with Gasteiger partial charge in [0.25, 0.3) is 0 Å². The summed E-state index contributed by atoms with van der Waals surface area (Å²) in [7, 11) is 2.02. The molecule has 0 fully saturated rings. The highest BCUT2D eigenvalue weighted by Gasteiger charge is 2.16. The Morgan fingerprint density at radius 3 is 2.17 bits per heavy atom. The second-order valence-electron chi connectivity index (χ2n) is 5.37. The molecule has 0 aromatic heterocycles. The lowest BCUT2D eigenvalue weighted by atomic mass is 10.0. The van der Waals surface area contributed by atoms with Crippen LogP contribution in [0, 0.1) is 5.92 Å². The average molecular weight is 247 g/mol. The maximum absolute atomic E-state index is 12.1. The first-order valence-electron chi connectivity index (χ1n) is 6.78. The lowest BCUT2D eigenvalue weighted by molar-refractivity contribution is 0.0907. The molecule has 18 heavy (non-hydrogen) atoms. The summed E-state index contributed by atoms with van der Waals surface area (Å²) in [5.41, 5.74) is 2.09. The number of carbonyl (C=O) groups is 1. The third-order valence-corrected chi connectivity index (χ3v) is 3.74. The molecule has 2 nitrogen and oxygen atoms in total. The quantitative estimate of drug-likeness (QED) is 0.718. The molecule has 1 aromatic rings. The third-order valence-electron chi connectivity index (χ3n) is 3.74. The number of nitrogens with zero attached hydrogens (tertiary/aromatic N) is 1. The van der Waals surface area contributed by atoms with E-state index in [0.717, 1.165) is 12.0 Å². The van der Waals surface area contributed by atoms with Crippen LogP contribution in [0.1, 0.15) is 43.6 Å². The molecule has 1 atom stereocenters. The van der Waals surface area contributed by atoms with Crippen molar-refractivity contribution in [2.24, 2.45) is 5.92 Å². The van der Waals surface area contributed by atoms with Gasteiger partial charge in [-0.15, -0.1) is 0 Å². The summed E-state index contributed by atoms with van der Waals surface area (Å²) in [4.78, 5) is 14.3. The van der Waals surface area contributed by atoms with Crippen LogP contribution in [-0.2, 0) is 6.42 Å². The zero-order valence-corrected chi connectivity index (χ0v) is 12.2. The fourth-order valence-corrected chi connectivity index (χ4v) is 1.90. The Kier molecular flexibility index (Phi) is 5.54. The van der Waals surface area contributed by atoms with Gasteiger partial charge in [0, 0.05) is 11.6 Å². The Morgan fingerprint density at radius 2 is 1.72 bits per heavy atom. The Hall–Kier alpha value is -1.15. The molecule has 0 radical (unpaired) electrons. The summed E-state index contributed by atoms with van der Waals surface area (Å²) in [5, 5.41) is 0. The van der Waals surface area contributed by atoms with Gasteiger partial charge in [-0.25, -0.2) is 0 Å². The van der Waals surface area contributed by atoms with Gasteiger partial charge in [0.15, 0.2) is 5.78 Å². The topological polar surface area (TPSA) is 20.3 Å². The first-order valence-corrected chi connectivity index (χ1v) is 6.78. The molecule has 0 N–H and O–H groups in total.